The lowest BCUT2D eigenvalue weighted by Crippen LogP contribution is -2.44. The standard InChI is InChI=1S/C16H29N3O/c1-4-7-17-10-14-9-16(20-13-14)12-19-8-5-6-15(11-19)18(2)3/h9,13,15,17H,4-8,10-12H2,1-3H3. The molecule has 20 heavy (non-hydrogen) atoms. The monoisotopic (exact) mass is 279 g/mol. The number of hydrogen-bond acceptors (Lipinski definition) is 4. The third-order valence-electron chi connectivity index (χ3n) is 4.05. The van der Waals surface area contributed by atoms with Gasteiger partial charge in [0.2, 0.25) is 0 Å². The minimum atomic E-state index is 0.685. The van der Waals surface area contributed by atoms with Gasteiger partial charge in [0.15, 0.2) is 0 Å². The van der Waals surface area contributed by atoms with Crippen LogP contribution in [-0.2, 0) is 13.1 Å². The van der Waals surface area contributed by atoms with E-state index >= 15 is 0 Å². The average Bonchev–Trinajstić information content (AvgIpc) is 2.87. The molecule has 0 aliphatic carbocycles. The molecule has 2 heterocycles. The Hall–Kier alpha value is -0.840. The summed E-state index contributed by atoms with van der Waals surface area (Å²) in [5.41, 5.74) is 1.26. The van der Waals surface area contributed by atoms with Crippen molar-refractivity contribution in [1.82, 2.24) is 15.1 Å². The van der Waals surface area contributed by atoms with Gasteiger partial charge in [-0.3, -0.25) is 4.90 Å². The van der Waals surface area contributed by atoms with Crippen LogP contribution in [0.15, 0.2) is 16.7 Å². The Balaban J connectivity index is 1.80. The molecule has 4 nitrogen and oxygen atoms in total. The van der Waals surface area contributed by atoms with Gasteiger partial charge in [-0.05, 0) is 52.5 Å². The average molecular weight is 279 g/mol. The zero-order chi connectivity index (χ0) is 14.4. The first kappa shape index (κ1) is 15.5. The van der Waals surface area contributed by atoms with E-state index in [4.69, 9.17) is 4.42 Å². The van der Waals surface area contributed by atoms with Gasteiger partial charge in [-0.25, -0.2) is 0 Å². The van der Waals surface area contributed by atoms with Gasteiger partial charge >= 0.3 is 0 Å². The number of nitrogens with zero attached hydrogens (tertiary/aromatic N) is 2. The smallest absolute Gasteiger partial charge is 0.118 e. The van der Waals surface area contributed by atoms with Crippen LogP contribution >= 0.6 is 0 Å². The zero-order valence-corrected chi connectivity index (χ0v) is 13.2. The van der Waals surface area contributed by atoms with Gasteiger partial charge in [-0.15, -0.1) is 0 Å². The summed E-state index contributed by atoms with van der Waals surface area (Å²) in [6.45, 7) is 7.45. The number of piperidine rings is 1. The van der Waals surface area contributed by atoms with Crippen molar-refractivity contribution >= 4 is 0 Å². The fourth-order valence-corrected chi connectivity index (χ4v) is 2.83. The fraction of sp³-hybridized carbons (Fsp3) is 0.750. The molecular formula is C16H29N3O. The first-order valence-electron chi connectivity index (χ1n) is 7.84. The summed E-state index contributed by atoms with van der Waals surface area (Å²) >= 11 is 0. The van der Waals surface area contributed by atoms with E-state index in [1.54, 1.807) is 0 Å². The van der Waals surface area contributed by atoms with Crippen molar-refractivity contribution in [3.63, 3.8) is 0 Å². The van der Waals surface area contributed by atoms with Crippen LogP contribution in [0.5, 0.6) is 0 Å². The summed E-state index contributed by atoms with van der Waals surface area (Å²) < 4.78 is 5.70. The van der Waals surface area contributed by atoms with Crippen molar-refractivity contribution in [2.45, 2.75) is 45.3 Å². The summed E-state index contributed by atoms with van der Waals surface area (Å²) in [6, 6.07) is 2.88. The van der Waals surface area contributed by atoms with Gasteiger partial charge in [-0.2, -0.15) is 0 Å². The molecular weight excluding hydrogens is 250 g/mol. The third-order valence-corrected chi connectivity index (χ3v) is 4.05. The Morgan fingerprint density at radius 1 is 1.45 bits per heavy atom. The zero-order valence-electron chi connectivity index (χ0n) is 13.2. The highest BCUT2D eigenvalue weighted by molar-refractivity contribution is 5.12. The molecule has 0 spiro atoms. The van der Waals surface area contributed by atoms with Gasteiger partial charge in [0, 0.05) is 24.7 Å². The fourth-order valence-electron chi connectivity index (χ4n) is 2.83. The number of hydrogen-bond donors (Lipinski definition) is 1. The first-order valence-corrected chi connectivity index (χ1v) is 7.84. The number of furan rings is 1. The Labute approximate surface area is 123 Å². The Bertz CT molecular complexity index is 389. The maximum Gasteiger partial charge on any atom is 0.118 e. The highest BCUT2D eigenvalue weighted by Crippen LogP contribution is 2.17. The van der Waals surface area contributed by atoms with E-state index in [1.807, 2.05) is 6.26 Å². The van der Waals surface area contributed by atoms with E-state index in [0.717, 1.165) is 31.9 Å². The Morgan fingerprint density at radius 3 is 3.05 bits per heavy atom. The summed E-state index contributed by atoms with van der Waals surface area (Å²) in [7, 11) is 4.36. The molecule has 114 valence electrons. The quantitative estimate of drug-likeness (QED) is 0.776. The summed E-state index contributed by atoms with van der Waals surface area (Å²) in [4.78, 5) is 4.85. The van der Waals surface area contributed by atoms with E-state index in [0.29, 0.717) is 6.04 Å². The molecule has 1 fully saturated rings. The summed E-state index contributed by atoms with van der Waals surface area (Å²) in [6.07, 6.45) is 5.66. The van der Waals surface area contributed by atoms with Crippen LogP contribution < -0.4 is 5.32 Å². The highest BCUT2D eigenvalue weighted by atomic mass is 16.3. The predicted molar refractivity (Wildman–Crippen MR) is 82.7 cm³/mol. The molecule has 0 radical (unpaired) electrons. The summed E-state index contributed by atoms with van der Waals surface area (Å²) in [5.74, 6) is 1.10. The lowest BCUT2D eigenvalue weighted by Gasteiger charge is -2.35. The van der Waals surface area contributed by atoms with Crippen molar-refractivity contribution in [3.8, 4) is 0 Å². The highest BCUT2D eigenvalue weighted by Gasteiger charge is 2.21. The van der Waals surface area contributed by atoms with Crippen LogP contribution in [0.2, 0.25) is 0 Å². The second-order valence-corrected chi connectivity index (χ2v) is 6.09. The van der Waals surface area contributed by atoms with Crippen LogP contribution in [0.25, 0.3) is 0 Å². The van der Waals surface area contributed by atoms with E-state index in [1.165, 1.54) is 31.4 Å². The molecule has 1 aromatic rings. The normalized spacial score (nSPS) is 20.7. The third kappa shape index (κ3) is 4.62. The molecule has 1 saturated heterocycles. The van der Waals surface area contributed by atoms with Gasteiger partial charge in [0.05, 0.1) is 12.8 Å². The molecule has 0 amide bonds. The molecule has 4 heteroatoms. The van der Waals surface area contributed by atoms with Crippen molar-refractivity contribution in [2.75, 3.05) is 33.7 Å². The second kappa shape index (κ2) is 7.81. The van der Waals surface area contributed by atoms with Gasteiger partial charge in [-0.1, -0.05) is 6.92 Å². The maximum atomic E-state index is 5.70. The molecule has 1 aliphatic rings. The van der Waals surface area contributed by atoms with Crippen molar-refractivity contribution < 1.29 is 4.42 Å². The van der Waals surface area contributed by atoms with Crippen molar-refractivity contribution in [1.29, 1.82) is 0 Å². The van der Waals surface area contributed by atoms with Gasteiger partial charge < -0.3 is 14.6 Å². The summed E-state index contributed by atoms with van der Waals surface area (Å²) in [5, 5.41) is 3.41. The number of rotatable bonds is 7. The molecule has 0 bridgehead atoms. The molecule has 0 aromatic carbocycles. The topological polar surface area (TPSA) is 31.7 Å². The van der Waals surface area contributed by atoms with Gasteiger partial charge in [0.1, 0.15) is 5.76 Å². The second-order valence-electron chi connectivity index (χ2n) is 6.09. The van der Waals surface area contributed by atoms with E-state index < -0.39 is 0 Å². The van der Waals surface area contributed by atoms with E-state index in [9.17, 15) is 0 Å². The van der Waals surface area contributed by atoms with Crippen LogP contribution in [0.3, 0.4) is 0 Å². The Morgan fingerprint density at radius 2 is 2.30 bits per heavy atom. The van der Waals surface area contributed by atoms with Crippen LogP contribution in [0.1, 0.15) is 37.5 Å². The van der Waals surface area contributed by atoms with Crippen molar-refractivity contribution in [3.05, 3.63) is 23.7 Å². The number of likely N-dealkylation sites (N-methyl/N-ethyl adjacent to an activating group) is 1. The number of nitrogens with one attached hydrogen (secondary N) is 1. The van der Waals surface area contributed by atoms with Crippen molar-refractivity contribution in [2.24, 2.45) is 0 Å². The predicted octanol–water partition coefficient (Wildman–Crippen LogP) is 2.31. The van der Waals surface area contributed by atoms with E-state index in [-0.39, 0.29) is 0 Å². The largest absolute Gasteiger partial charge is 0.468 e. The number of likely N-dealkylation sites (tertiary alicyclic amines) is 1. The molecule has 1 aromatic heterocycles. The Kier molecular flexibility index (Phi) is 6.07. The van der Waals surface area contributed by atoms with Crippen LogP contribution in [0.4, 0.5) is 0 Å². The minimum Gasteiger partial charge on any atom is -0.468 e. The SMILES string of the molecule is CCCNCc1coc(CN2CCCC(N(C)C)C2)c1. The molecule has 0 saturated carbocycles. The molecule has 1 N–H and O–H groups in total. The maximum absolute atomic E-state index is 5.70. The van der Waals surface area contributed by atoms with E-state index in [2.05, 4.69) is 42.2 Å². The molecule has 1 atom stereocenters. The molecule has 1 aliphatic heterocycles. The van der Waals surface area contributed by atoms with Gasteiger partial charge in [0.25, 0.3) is 0 Å². The van der Waals surface area contributed by atoms with Crippen LogP contribution in [-0.4, -0.2) is 49.6 Å². The van der Waals surface area contributed by atoms with Crippen LogP contribution in [0, 0.1) is 0 Å². The molecule has 1 unspecified atom stereocenters. The minimum absolute atomic E-state index is 0.685. The molecule has 2 rings (SSSR count). The lowest BCUT2D eigenvalue weighted by atomic mass is 10.0. The lowest BCUT2D eigenvalue weighted by molar-refractivity contribution is 0.121. The first-order chi connectivity index (χ1) is 9.69.